The number of rotatable bonds is 1. The molecule has 14 heavy (non-hydrogen) atoms. The summed E-state index contributed by atoms with van der Waals surface area (Å²) in [6.07, 6.45) is 1.54. The van der Waals surface area contributed by atoms with Crippen molar-refractivity contribution in [3.05, 3.63) is 16.6 Å². The van der Waals surface area contributed by atoms with Crippen molar-refractivity contribution in [2.24, 2.45) is 0 Å². The second-order valence-corrected chi connectivity index (χ2v) is 6.41. The maximum atomic E-state index is 5.80. The molecule has 0 aromatic carbocycles. The Hall–Kier alpha value is 1.66. The number of alkyl halides is 5. The lowest BCUT2D eigenvalue weighted by Gasteiger charge is -2.24. The fourth-order valence-corrected chi connectivity index (χ4v) is 1.97. The lowest BCUT2D eigenvalue weighted by atomic mass is 10.5. The largest absolute Gasteiger partial charge is 0.246 e. The molecule has 9 heteroatoms. The third kappa shape index (κ3) is 3.91. The summed E-state index contributed by atoms with van der Waals surface area (Å²) in [5.41, 5.74) is 0. The number of thiazole rings is 1. The Kier molecular flexibility index (Phi) is 8.26. The van der Waals surface area contributed by atoms with E-state index in [-0.39, 0.29) is 24.8 Å². The van der Waals surface area contributed by atoms with Crippen molar-refractivity contribution in [3.8, 4) is 0 Å². The predicted octanol–water partition coefficient (Wildman–Crippen LogP) is 4.99. The summed E-state index contributed by atoms with van der Waals surface area (Å²) in [6.45, 7) is 0. The van der Waals surface area contributed by atoms with Crippen LogP contribution in [0.5, 0.6) is 0 Å². The van der Waals surface area contributed by atoms with Gasteiger partial charge in [0.05, 0.1) is 0 Å². The normalized spacial score (nSPS) is 11.5. The smallest absolute Gasteiger partial charge is 0.229 e. The lowest BCUT2D eigenvalue weighted by molar-refractivity contribution is 0.863. The fraction of sp³-hybridized carbons (Fsp3) is 0.400. The molecule has 1 nitrogen and oxygen atoms in total. The zero-order chi connectivity index (χ0) is 9.41. The highest BCUT2D eigenvalue weighted by Crippen LogP contribution is 2.53. The van der Waals surface area contributed by atoms with Crippen LogP contribution in [-0.4, -0.2) is 8.78 Å². The van der Waals surface area contributed by atoms with Crippen LogP contribution in [0, 0.1) is 0 Å². The molecule has 0 saturated carbocycles. The van der Waals surface area contributed by atoms with E-state index in [9.17, 15) is 0 Å². The molecule has 1 aromatic heterocycles. The Balaban J connectivity index is 0. The molecule has 0 fully saturated rings. The first kappa shape index (κ1) is 18.0. The molecule has 0 spiro atoms. The molecule has 1 rings (SSSR count). The van der Waals surface area contributed by atoms with Crippen molar-refractivity contribution in [2.45, 2.75) is 8.13 Å². The maximum Gasteiger partial charge on any atom is 0.229 e. The number of halogens is 7. The molecule has 1 heterocycles. The highest BCUT2D eigenvalue weighted by Gasteiger charge is 2.49. The molecule has 0 radical (unpaired) electrons. The van der Waals surface area contributed by atoms with Crippen LogP contribution in [0.4, 0.5) is 0 Å². The monoisotopic (exact) mass is 355 g/mol. The highest BCUT2D eigenvalue weighted by atomic mass is 35.6. The van der Waals surface area contributed by atoms with Gasteiger partial charge in [0.25, 0.3) is 0 Å². The van der Waals surface area contributed by atoms with Gasteiger partial charge in [0.2, 0.25) is 8.13 Å². The SMILES string of the molecule is Cl.Cl.ClC(Cl)(Cl)C(Cl)(Cl)c1nccs1. The maximum absolute atomic E-state index is 5.80. The van der Waals surface area contributed by atoms with Crippen LogP contribution in [0.3, 0.4) is 0 Å². The minimum absolute atomic E-state index is 0. The van der Waals surface area contributed by atoms with E-state index < -0.39 is 8.13 Å². The standard InChI is InChI=1S/C5H2Cl5NS.2ClH/c6-4(7,5(8,9)10)3-11-1-2-12-3;;/h1-2H;2*1H. The van der Waals surface area contributed by atoms with Crippen LogP contribution in [-0.2, 0) is 4.33 Å². The van der Waals surface area contributed by atoms with Crippen LogP contribution in [0.25, 0.3) is 0 Å². The highest BCUT2D eigenvalue weighted by molar-refractivity contribution is 7.10. The number of hydrogen-bond donors (Lipinski definition) is 0. The summed E-state index contributed by atoms with van der Waals surface area (Å²) in [5, 5.41) is 2.07. The second-order valence-electron chi connectivity index (χ2n) is 1.91. The zero-order valence-electron chi connectivity index (χ0n) is 6.22. The third-order valence-electron chi connectivity index (χ3n) is 1.06. The Labute approximate surface area is 123 Å². The Morgan fingerprint density at radius 3 is 1.86 bits per heavy atom. The van der Waals surface area contributed by atoms with Gasteiger partial charge in [-0.15, -0.1) is 36.2 Å². The Morgan fingerprint density at radius 1 is 1.07 bits per heavy atom. The molecule has 0 aliphatic rings. The van der Waals surface area contributed by atoms with E-state index in [0.717, 1.165) is 0 Å². The fourth-order valence-electron chi connectivity index (χ4n) is 0.500. The van der Waals surface area contributed by atoms with E-state index in [2.05, 4.69) is 4.98 Å². The average molecular weight is 358 g/mol. The van der Waals surface area contributed by atoms with E-state index in [1.54, 1.807) is 5.38 Å². The van der Waals surface area contributed by atoms with Crippen molar-refractivity contribution in [2.75, 3.05) is 0 Å². The van der Waals surface area contributed by atoms with Gasteiger partial charge in [-0.3, -0.25) is 0 Å². The Bertz CT molecular complexity index is 254. The van der Waals surface area contributed by atoms with Crippen LogP contribution in [0.15, 0.2) is 11.6 Å². The molecule has 0 amide bonds. The lowest BCUT2D eigenvalue weighted by Crippen LogP contribution is -2.27. The van der Waals surface area contributed by atoms with Crippen molar-refractivity contribution in [1.29, 1.82) is 0 Å². The molecule has 0 atom stereocenters. The molecule has 0 N–H and O–H groups in total. The van der Waals surface area contributed by atoms with Crippen LogP contribution in [0.2, 0.25) is 0 Å². The summed E-state index contributed by atoms with van der Waals surface area (Å²) >= 11 is 29.5. The van der Waals surface area contributed by atoms with Gasteiger partial charge in [0, 0.05) is 11.6 Å². The average Bonchev–Trinajstić information content (AvgIpc) is 2.34. The van der Waals surface area contributed by atoms with E-state index in [0.29, 0.717) is 5.01 Å². The molecular formula is C5H4Cl7NS. The van der Waals surface area contributed by atoms with Crippen LogP contribution >= 0.6 is 94.2 Å². The van der Waals surface area contributed by atoms with Gasteiger partial charge in [0.1, 0.15) is 5.01 Å². The first-order chi connectivity index (χ1) is 5.36. The minimum atomic E-state index is -1.78. The van der Waals surface area contributed by atoms with Gasteiger partial charge in [0.15, 0.2) is 0 Å². The van der Waals surface area contributed by atoms with Crippen LogP contribution in [0.1, 0.15) is 5.01 Å². The molecule has 84 valence electrons. The summed E-state index contributed by atoms with van der Waals surface area (Å²) in [7, 11) is 0. The van der Waals surface area contributed by atoms with Gasteiger partial charge < -0.3 is 0 Å². The molecule has 0 aliphatic carbocycles. The molecule has 1 aromatic rings. The van der Waals surface area contributed by atoms with Crippen molar-refractivity contribution in [3.63, 3.8) is 0 Å². The van der Waals surface area contributed by atoms with Crippen molar-refractivity contribution in [1.82, 2.24) is 4.98 Å². The van der Waals surface area contributed by atoms with Crippen molar-refractivity contribution >= 4 is 94.2 Å². The number of nitrogens with zero attached hydrogens (tertiary/aromatic N) is 1. The van der Waals surface area contributed by atoms with Gasteiger partial charge in [-0.25, -0.2) is 4.98 Å². The summed E-state index contributed by atoms with van der Waals surface area (Å²) in [6, 6.07) is 0. The van der Waals surface area contributed by atoms with Crippen molar-refractivity contribution < 1.29 is 0 Å². The van der Waals surface area contributed by atoms with E-state index in [1.807, 2.05) is 0 Å². The zero-order valence-corrected chi connectivity index (χ0v) is 12.4. The quantitative estimate of drug-likeness (QED) is 0.645. The second kappa shape index (κ2) is 6.41. The van der Waals surface area contributed by atoms with E-state index >= 15 is 0 Å². The first-order valence-electron chi connectivity index (χ1n) is 2.70. The molecular weight excluding hydrogens is 354 g/mol. The number of hydrogen-bond acceptors (Lipinski definition) is 2. The summed E-state index contributed by atoms with van der Waals surface area (Å²) in [5.74, 6) is 0. The molecule has 0 unspecified atom stereocenters. The van der Waals surface area contributed by atoms with Gasteiger partial charge in [-0.1, -0.05) is 58.0 Å². The van der Waals surface area contributed by atoms with Gasteiger partial charge in [-0.2, -0.15) is 0 Å². The Morgan fingerprint density at radius 2 is 1.57 bits per heavy atom. The molecule has 0 aliphatic heterocycles. The van der Waals surface area contributed by atoms with Gasteiger partial charge >= 0.3 is 0 Å². The predicted molar refractivity (Wildman–Crippen MR) is 70.3 cm³/mol. The van der Waals surface area contributed by atoms with Gasteiger partial charge in [-0.05, 0) is 0 Å². The van der Waals surface area contributed by atoms with Crippen LogP contribution < -0.4 is 0 Å². The summed E-state index contributed by atoms with van der Waals surface area (Å²) < 4.78 is -3.38. The minimum Gasteiger partial charge on any atom is -0.246 e. The summed E-state index contributed by atoms with van der Waals surface area (Å²) in [4.78, 5) is 3.86. The topological polar surface area (TPSA) is 12.9 Å². The first-order valence-corrected chi connectivity index (χ1v) is 5.47. The van der Waals surface area contributed by atoms with E-state index in [1.165, 1.54) is 17.5 Å². The molecule has 0 bridgehead atoms. The van der Waals surface area contributed by atoms with E-state index in [4.69, 9.17) is 58.0 Å². The third-order valence-corrected chi connectivity index (χ3v) is 4.53. The molecule has 0 saturated heterocycles. The number of aromatic nitrogens is 1.